The van der Waals surface area contributed by atoms with E-state index in [1.807, 2.05) is 6.92 Å². The van der Waals surface area contributed by atoms with E-state index in [0.717, 1.165) is 32.4 Å². The van der Waals surface area contributed by atoms with Crippen LogP contribution in [0.25, 0.3) is 0 Å². The summed E-state index contributed by atoms with van der Waals surface area (Å²) in [7, 11) is 1.71. The largest absolute Gasteiger partial charge is 0.464 e. The van der Waals surface area contributed by atoms with Crippen LogP contribution < -0.4 is 0 Å². The molecule has 1 fully saturated rings. The van der Waals surface area contributed by atoms with E-state index in [2.05, 4.69) is 18.7 Å². The Hall–Kier alpha value is -0.940. The lowest BCUT2D eigenvalue weighted by Gasteiger charge is -2.33. The number of ketones is 1. The molecule has 1 rings (SSSR count). The Bertz CT molecular complexity index is 435. The topological polar surface area (TPSA) is 55.8 Å². The lowest BCUT2D eigenvalue weighted by Crippen LogP contribution is -2.41. The number of carbonyl (C=O) groups is 2. The molecule has 2 unspecified atom stereocenters. The minimum Gasteiger partial charge on any atom is -0.464 e. The molecule has 2 atom stereocenters. The molecule has 1 heterocycles. The Morgan fingerprint density at radius 2 is 1.92 bits per heavy atom. The highest BCUT2D eigenvalue weighted by Crippen LogP contribution is 2.31. The van der Waals surface area contributed by atoms with Crippen molar-refractivity contribution in [1.82, 2.24) is 4.90 Å². The first kappa shape index (κ1) is 21.1. The van der Waals surface area contributed by atoms with E-state index in [9.17, 15) is 9.59 Å². The third-order valence-corrected chi connectivity index (χ3v) is 5.17. The zero-order chi connectivity index (χ0) is 18.4. The van der Waals surface area contributed by atoms with E-state index in [-0.39, 0.29) is 17.3 Å². The number of esters is 1. The number of cyclic esters (lactones) is 1. The van der Waals surface area contributed by atoms with Crippen LogP contribution in [0.3, 0.4) is 0 Å². The summed E-state index contributed by atoms with van der Waals surface area (Å²) in [5.41, 5.74) is -1.46. The maximum atomic E-state index is 12.8. The number of nitrogens with zero attached hydrogens (tertiary/aromatic N) is 1. The molecule has 0 aromatic rings. The smallest absolute Gasteiger partial charge is 0.319 e. The summed E-state index contributed by atoms with van der Waals surface area (Å²) in [4.78, 5) is 27.5. The second kappa shape index (κ2) is 8.95. The van der Waals surface area contributed by atoms with Crippen LogP contribution in [0, 0.1) is 11.3 Å². The minimum absolute atomic E-state index is 0.0690. The minimum atomic E-state index is -1.11. The molecule has 1 aliphatic rings. The maximum Gasteiger partial charge on any atom is 0.319 e. The zero-order valence-electron chi connectivity index (χ0n) is 16.3. The summed E-state index contributed by atoms with van der Waals surface area (Å²) in [5, 5.41) is 0. The highest BCUT2D eigenvalue weighted by atomic mass is 16.5. The van der Waals surface area contributed by atoms with Crippen LogP contribution in [0.2, 0.25) is 0 Å². The molecular formula is C19H35NO4. The van der Waals surface area contributed by atoms with Gasteiger partial charge in [-0.25, -0.2) is 0 Å². The second-order valence-corrected chi connectivity index (χ2v) is 7.83. The quantitative estimate of drug-likeness (QED) is 0.583. The van der Waals surface area contributed by atoms with Crippen molar-refractivity contribution in [3.63, 3.8) is 0 Å². The van der Waals surface area contributed by atoms with Crippen molar-refractivity contribution in [2.24, 2.45) is 11.3 Å². The molecule has 0 amide bonds. The van der Waals surface area contributed by atoms with Gasteiger partial charge < -0.3 is 9.47 Å². The SMILES string of the molecule is CCCN1CCCC(C)(OC)CC(C)C(=O)C(C)(C)C(=O)OCC1. The molecular weight excluding hydrogens is 306 g/mol. The first-order valence-electron chi connectivity index (χ1n) is 9.15. The van der Waals surface area contributed by atoms with Gasteiger partial charge in [-0.3, -0.25) is 14.5 Å². The Kier molecular flexibility index (Phi) is 7.87. The average molecular weight is 341 g/mol. The summed E-state index contributed by atoms with van der Waals surface area (Å²) in [6.45, 7) is 12.4. The van der Waals surface area contributed by atoms with Gasteiger partial charge in [0.1, 0.15) is 12.0 Å². The molecule has 0 aromatic carbocycles. The number of ether oxygens (including phenoxy) is 2. The highest BCUT2D eigenvalue weighted by molar-refractivity contribution is 6.03. The molecule has 0 radical (unpaired) electrons. The standard InChI is InChI=1S/C19H35NO4/c1-7-10-20-11-8-9-19(5,23-6)14-15(2)16(21)18(3,4)17(22)24-13-12-20/h15H,7-14H2,1-6H3. The molecule has 0 aromatic heterocycles. The zero-order valence-corrected chi connectivity index (χ0v) is 16.3. The highest BCUT2D eigenvalue weighted by Gasteiger charge is 2.42. The molecule has 5 heteroatoms. The van der Waals surface area contributed by atoms with Crippen LogP contribution in [-0.2, 0) is 19.1 Å². The first-order valence-corrected chi connectivity index (χ1v) is 9.15. The van der Waals surface area contributed by atoms with E-state index < -0.39 is 11.4 Å². The van der Waals surface area contributed by atoms with Crippen molar-refractivity contribution in [1.29, 1.82) is 0 Å². The Balaban J connectivity index is 2.98. The third-order valence-electron chi connectivity index (χ3n) is 5.17. The van der Waals surface area contributed by atoms with Crippen LogP contribution in [0.4, 0.5) is 0 Å². The lowest BCUT2D eigenvalue weighted by atomic mass is 9.77. The van der Waals surface area contributed by atoms with E-state index in [4.69, 9.17) is 9.47 Å². The molecule has 140 valence electrons. The van der Waals surface area contributed by atoms with Crippen molar-refractivity contribution in [2.45, 2.75) is 65.9 Å². The van der Waals surface area contributed by atoms with Gasteiger partial charge in [-0.2, -0.15) is 0 Å². The number of hydrogen-bond donors (Lipinski definition) is 0. The van der Waals surface area contributed by atoms with Gasteiger partial charge in [0, 0.05) is 19.6 Å². The van der Waals surface area contributed by atoms with Gasteiger partial charge in [0.2, 0.25) is 0 Å². The molecule has 1 aliphatic heterocycles. The summed E-state index contributed by atoms with van der Waals surface area (Å²) in [6, 6.07) is 0. The predicted molar refractivity (Wildman–Crippen MR) is 94.9 cm³/mol. The Morgan fingerprint density at radius 3 is 2.50 bits per heavy atom. The molecule has 5 nitrogen and oxygen atoms in total. The van der Waals surface area contributed by atoms with Gasteiger partial charge in [-0.15, -0.1) is 0 Å². The molecule has 1 saturated heterocycles. The monoisotopic (exact) mass is 341 g/mol. The van der Waals surface area contributed by atoms with Crippen molar-refractivity contribution in [3.8, 4) is 0 Å². The number of carbonyl (C=O) groups excluding carboxylic acids is 2. The van der Waals surface area contributed by atoms with Gasteiger partial charge in [0.05, 0.1) is 5.60 Å². The van der Waals surface area contributed by atoms with E-state index >= 15 is 0 Å². The van der Waals surface area contributed by atoms with Gasteiger partial charge in [0.15, 0.2) is 5.78 Å². The number of rotatable bonds is 3. The van der Waals surface area contributed by atoms with Crippen LogP contribution in [0.5, 0.6) is 0 Å². The molecule has 0 aliphatic carbocycles. The van der Waals surface area contributed by atoms with Gasteiger partial charge >= 0.3 is 5.97 Å². The molecule has 0 N–H and O–H groups in total. The normalized spacial score (nSPS) is 30.8. The predicted octanol–water partition coefficient (Wildman–Crippen LogP) is 3.06. The summed E-state index contributed by atoms with van der Waals surface area (Å²) in [6.07, 6.45) is 3.59. The third kappa shape index (κ3) is 5.55. The summed E-state index contributed by atoms with van der Waals surface area (Å²) in [5.74, 6) is -0.736. The van der Waals surface area contributed by atoms with Gasteiger partial charge in [-0.05, 0) is 59.5 Å². The summed E-state index contributed by atoms with van der Waals surface area (Å²) >= 11 is 0. The van der Waals surface area contributed by atoms with Crippen LogP contribution in [0.15, 0.2) is 0 Å². The maximum absolute atomic E-state index is 12.8. The van der Waals surface area contributed by atoms with Gasteiger partial charge in [-0.1, -0.05) is 13.8 Å². The fourth-order valence-electron chi connectivity index (χ4n) is 3.52. The van der Waals surface area contributed by atoms with E-state index in [1.54, 1.807) is 21.0 Å². The Morgan fingerprint density at radius 1 is 1.25 bits per heavy atom. The van der Waals surface area contributed by atoms with Gasteiger partial charge in [0.25, 0.3) is 0 Å². The average Bonchev–Trinajstić information content (AvgIpc) is 2.53. The second-order valence-electron chi connectivity index (χ2n) is 7.83. The fraction of sp³-hybridized carbons (Fsp3) is 0.895. The number of methoxy groups -OCH3 is 1. The fourth-order valence-corrected chi connectivity index (χ4v) is 3.52. The number of Topliss-reactive ketones (excluding diaryl/α,β-unsaturated/α-hetero) is 1. The molecule has 0 bridgehead atoms. The van der Waals surface area contributed by atoms with Crippen molar-refractivity contribution in [3.05, 3.63) is 0 Å². The van der Waals surface area contributed by atoms with Crippen LogP contribution in [-0.4, -0.2) is 55.6 Å². The van der Waals surface area contributed by atoms with Crippen molar-refractivity contribution >= 4 is 11.8 Å². The number of hydrogen-bond acceptors (Lipinski definition) is 5. The molecule has 0 saturated carbocycles. The van der Waals surface area contributed by atoms with Crippen molar-refractivity contribution in [2.75, 3.05) is 33.4 Å². The van der Waals surface area contributed by atoms with Crippen molar-refractivity contribution < 1.29 is 19.1 Å². The Labute approximate surface area is 147 Å². The van der Waals surface area contributed by atoms with Crippen LogP contribution in [0.1, 0.15) is 60.3 Å². The summed E-state index contributed by atoms with van der Waals surface area (Å²) < 4.78 is 11.1. The molecule has 0 spiro atoms. The van der Waals surface area contributed by atoms with E-state index in [0.29, 0.717) is 19.6 Å². The van der Waals surface area contributed by atoms with E-state index in [1.165, 1.54) is 0 Å². The lowest BCUT2D eigenvalue weighted by molar-refractivity contribution is -0.160. The molecule has 24 heavy (non-hydrogen) atoms. The van der Waals surface area contributed by atoms with Crippen LogP contribution >= 0.6 is 0 Å². The first-order chi connectivity index (χ1) is 11.2.